The van der Waals surface area contributed by atoms with Crippen molar-refractivity contribution in [1.29, 1.82) is 0 Å². The summed E-state index contributed by atoms with van der Waals surface area (Å²) < 4.78 is 2.30. The van der Waals surface area contributed by atoms with Crippen molar-refractivity contribution in [3.05, 3.63) is 255 Å². The Balaban J connectivity index is 0.00000157. The number of benzene rings is 10. The van der Waals surface area contributed by atoms with Crippen LogP contribution in [0.2, 0.25) is 0 Å². The molecule has 1 heterocycles. The molecule has 0 aliphatic rings. The van der Waals surface area contributed by atoms with E-state index in [1.165, 1.54) is 82.5 Å². The van der Waals surface area contributed by atoms with Crippen LogP contribution in [-0.2, 0) is 0 Å². The minimum absolute atomic E-state index is 1.09. The Morgan fingerprint density at radius 2 is 0.797 bits per heavy atom. The van der Waals surface area contributed by atoms with Gasteiger partial charge in [0.2, 0.25) is 0 Å². The van der Waals surface area contributed by atoms with Crippen molar-refractivity contribution in [2.45, 2.75) is 13.8 Å². The van der Waals surface area contributed by atoms with Gasteiger partial charge in [-0.15, -0.1) is 6.58 Å². The summed E-state index contributed by atoms with van der Waals surface area (Å²) >= 11 is 0. The molecular weight excluding hydrogens is 773 g/mol. The Morgan fingerprint density at radius 3 is 1.36 bits per heavy atom. The monoisotopic (exact) mass is 820 g/mol. The van der Waals surface area contributed by atoms with Gasteiger partial charge in [-0.2, -0.15) is 0 Å². The average molecular weight is 821 g/mol. The molecule has 2 nitrogen and oxygen atoms in total. The number of aryl methyl sites for hydroxylation is 1. The van der Waals surface area contributed by atoms with Crippen molar-refractivity contribution in [3.8, 4) is 50.2 Å². The number of fused-ring (bicyclic) bond motifs is 3. The Morgan fingerprint density at radius 1 is 0.391 bits per heavy atom. The van der Waals surface area contributed by atoms with Crippen LogP contribution in [0.3, 0.4) is 0 Å². The summed E-state index contributed by atoms with van der Waals surface area (Å²) in [5, 5.41) is 6.13. The molecule has 0 bridgehead atoms. The zero-order valence-electron chi connectivity index (χ0n) is 36.2. The summed E-state index contributed by atoms with van der Waals surface area (Å²) in [6.07, 6.45) is 3.99. The predicted molar refractivity (Wildman–Crippen MR) is 275 cm³/mol. The van der Waals surface area contributed by atoms with E-state index in [9.17, 15) is 0 Å². The SMILES string of the molecule is C=CC.Cc1cn(-c2ccc(N(c3ccccc3)c3ccc4c(-c5ccccc5-c5ccccc5)c5ccccc5c(-c5ccccc5-c5ccccc5)c4c3)cc2)c2ccccc12. The first-order chi connectivity index (χ1) is 31.6. The number of anilines is 3. The van der Waals surface area contributed by atoms with Gasteiger partial charge in [0.25, 0.3) is 0 Å². The maximum absolute atomic E-state index is 3.36. The topological polar surface area (TPSA) is 8.17 Å². The average Bonchev–Trinajstić information content (AvgIpc) is 3.70. The Bertz CT molecular complexity index is 3400. The van der Waals surface area contributed by atoms with Gasteiger partial charge in [-0.25, -0.2) is 0 Å². The Labute approximate surface area is 376 Å². The molecule has 2 heteroatoms. The number of aromatic nitrogens is 1. The van der Waals surface area contributed by atoms with E-state index >= 15 is 0 Å². The van der Waals surface area contributed by atoms with E-state index in [1.807, 2.05) is 6.92 Å². The van der Waals surface area contributed by atoms with Crippen LogP contribution < -0.4 is 4.90 Å². The van der Waals surface area contributed by atoms with Crippen molar-refractivity contribution < 1.29 is 0 Å². The van der Waals surface area contributed by atoms with Gasteiger partial charge in [0, 0.05) is 34.3 Å². The summed E-state index contributed by atoms with van der Waals surface area (Å²) in [7, 11) is 0. The van der Waals surface area contributed by atoms with Gasteiger partial charge in [-0.05, 0) is 140 Å². The van der Waals surface area contributed by atoms with Crippen LogP contribution in [0, 0.1) is 6.92 Å². The third kappa shape index (κ3) is 7.36. The first-order valence-electron chi connectivity index (χ1n) is 22.0. The van der Waals surface area contributed by atoms with Gasteiger partial charge in [-0.3, -0.25) is 0 Å². The van der Waals surface area contributed by atoms with E-state index in [0.717, 1.165) is 22.7 Å². The zero-order valence-corrected chi connectivity index (χ0v) is 36.2. The minimum atomic E-state index is 1.09. The van der Waals surface area contributed by atoms with E-state index in [0.29, 0.717) is 0 Å². The number of para-hydroxylation sites is 2. The van der Waals surface area contributed by atoms with Crippen LogP contribution in [0.25, 0.3) is 82.6 Å². The maximum atomic E-state index is 3.36. The third-order valence-electron chi connectivity index (χ3n) is 12.1. The molecule has 0 atom stereocenters. The van der Waals surface area contributed by atoms with Crippen LogP contribution in [0.15, 0.2) is 249 Å². The summed E-state index contributed by atoms with van der Waals surface area (Å²) in [6.45, 7) is 7.44. The third-order valence-corrected chi connectivity index (χ3v) is 12.1. The largest absolute Gasteiger partial charge is 0.316 e. The Hall–Kier alpha value is -8.20. The standard InChI is InChI=1S/C59H42N2.C3H6/c1-41-40-60(57-32-18-17-25-48(41)57)44-33-35-46(36-34-44)61(45-23-9-4-10-24-45)47-37-38-55-56(39-47)59(52-29-14-12-27-50(52)43-21-7-3-8-22-43)54-31-16-15-30-53(54)58(55)51-28-13-11-26-49(51)42-19-5-2-6-20-42;1-3-2/h2-40H,1H3;3H,1H2,2H3. The van der Waals surface area contributed by atoms with Crippen molar-refractivity contribution in [2.24, 2.45) is 0 Å². The van der Waals surface area contributed by atoms with Crippen molar-refractivity contribution >= 4 is 49.5 Å². The molecule has 0 saturated carbocycles. The van der Waals surface area contributed by atoms with Crippen LogP contribution in [0.4, 0.5) is 17.1 Å². The van der Waals surface area contributed by atoms with E-state index in [1.54, 1.807) is 6.08 Å². The van der Waals surface area contributed by atoms with Crippen molar-refractivity contribution in [1.82, 2.24) is 4.57 Å². The molecule has 0 N–H and O–H groups in total. The molecule has 0 spiro atoms. The molecule has 64 heavy (non-hydrogen) atoms. The van der Waals surface area contributed by atoms with Crippen molar-refractivity contribution in [3.63, 3.8) is 0 Å². The van der Waals surface area contributed by atoms with Gasteiger partial charge >= 0.3 is 0 Å². The minimum Gasteiger partial charge on any atom is -0.316 e. The van der Waals surface area contributed by atoms with Gasteiger partial charge < -0.3 is 9.47 Å². The summed E-state index contributed by atoms with van der Waals surface area (Å²) in [5.74, 6) is 0. The molecule has 0 radical (unpaired) electrons. The Kier molecular flexibility index (Phi) is 11.0. The quantitative estimate of drug-likeness (QED) is 0.109. The highest BCUT2D eigenvalue weighted by Crippen LogP contribution is 2.49. The molecule has 0 fully saturated rings. The van der Waals surface area contributed by atoms with Gasteiger partial charge in [0.15, 0.2) is 0 Å². The molecule has 0 amide bonds. The van der Waals surface area contributed by atoms with Crippen LogP contribution in [0.5, 0.6) is 0 Å². The fraction of sp³-hybridized carbons (Fsp3) is 0.0323. The second kappa shape index (κ2) is 17.6. The number of allylic oxidation sites excluding steroid dienone is 1. The normalized spacial score (nSPS) is 11.0. The molecule has 11 aromatic rings. The highest BCUT2D eigenvalue weighted by molar-refractivity contribution is 6.24. The predicted octanol–water partition coefficient (Wildman–Crippen LogP) is 17.6. The lowest BCUT2D eigenvalue weighted by molar-refractivity contribution is 1.12. The molecule has 0 unspecified atom stereocenters. The van der Waals surface area contributed by atoms with Crippen LogP contribution in [0.1, 0.15) is 12.5 Å². The van der Waals surface area contributed by atoms with E-state index in [2.05, 4.69) is 260 Å². The molecule has 0 aliphatic heterocycles. The fourth-order valence-electron chi connectivity index (χ4n) is 9.38. The summed E-state index contributed by atoms with van der Waals surface area (Å²) in [4.78, 5) is 2.39. The van der Waals surface area contributed by atoms with Crippen molar-refractivity contribution in [2.75, 3.05) is 4.90 Å². The van der Waals surface area contributed by atoms with Gasteiger partial charge in [-0.1, -0.05) is 182 Å². The lowest BCUT2D eigenvalue weighted by atomic mass is 9.82. The lowest BCUT2D eigenvalue weighted by Gasteiger charge is -2.27. The first kappa shape index (κ1) is 39.9. The maximum Gasteiger partial charge on any atom is 0.0531 e. The highest BCUT2D eigenvalue weighted by Gasteiger charge is 2.23. The molecular formula is C62H48N2. The number of hydrogen-bond donors (Lipinski definition) is 0. The first-order valence-corrected chi connectivity index (χ1v) is 22.0. The van der Waals surface area contributed by atoms with Gasteiger partial charge in [0.05, 0.1) is 5.52 Å². The van der Waals surface area contributed by atoms with E-state index < -0.39 is 0 Å². The smallest absolute Gasteiger partial charge is 0.0531 e. The zero-order chi connectivity index (χ0) is 43.4. The van der Waals surface area contributed by atoms with E-state index in [4.69, 9.17) is 0 Å². The molecule has 0 saturated heterocycles. The molecule has 10 aromatic carbocycles. The molecule has 0 aliphatic carbocycles. The highest BCUT2D eigenvalue weighted by atomic mass is 15.1. The van der Waals surface area contributed by atoms with Gasteiger partial charge in [0.1, 0.15) is 0 Å². The second-order valence-corrected chi connectivity index (χ2v) is 16.1. The number of nitrogens with zero attached hydrogens (tertiary/aromatic N) is 2. The second-order valence-electron chi connectivity index (χ2n) is 16.1. The fourth-order valence-corrected chi connectivity index (χ4v) is 9.38. The molecule has 1 aromatic heterocycles. The van der Waals surface area contributed by atoms with Crippen LogP contribution in [-0.4, -0.2) is 4.57 Å². The molecule has 306 valence electrons. The number of rotatable bonds is 8. The lowest BCUT2D eigenvalue weighted by Crippen LogP contribution is -2.10. The number of hydrogen-bond acceptors (Lipinski definition) is 1. The summed E-state index contributed by atoms with van der Waals surface area (Å²) in [5.41, 5.74) is 16.6. The van der Waals surface area contributed by atoms with Crippen LogP contribution >= 0.6 is 0 Å². The van der Waals surface area contributed by atoms with E-state index in [-0.39, 0.29) is 0 Å². The summed E-state index contributed by atoms with van der Waals surface area (Å²) in [6, 6.07) is 83.8. The molecule has 11 rings (SSSR count).